The molecule has 90 valence electrons. The molecule has 0 aliphatic rings. The molecule has 0 amide bonds. The van der Waals surface area contributed by atoms with Gasteiger partial charge >= 0.3 is 0 Å². The topological polar surface area (TPSA) is 25.2 Å². The zero-order chi connectivity index (χ0) is 12.1. The minimum atomic E-state index is 0.377. The van der Waals surface area contributed by atoms with Crippen molar-refractivity contribution in [2.75, 3.05) is 6.54 Å². The number of halogens is 2. The molecule has 4 heteroatoms. The molecule has 0 aromatic carbocycles. The predicted molar refractivity (Wildman–Crippen MR) is 75.5 cm³/mol. The molecule has 0 fully saturated rings. The summed E-state index contributed by atoms with van der Waals surface area (Å²) in [6.45, 7) is 7.48. The molecule has 0 saturated carbocycles. The number of rotatable bonds is 5. The van der Waals surface area contributed by atoms with Gasteiger partial charge in [0.05, 0.1) is 4.47 Å². The fourth-order valence-corrected chi connectivity index (χ4v) is 1.91. The quantitative estimate of drug-likeness (QED) is 0.839. The van der Waals surface area contributed by atoms with E-state index in [0.29, 0.717) is 6.04 Å². The SMILES string of the molecule is CCCNC(C)C(C)=Cc1cc(Br)c(Br)o1. The summed E-state index contributed by atoms with van der Waals surface area (Å²) in [7, 11) is 0. The molecule has 0 saturated heterocycles. The third kappa shape index (κ3) is 4.07. The predicted octanol–water partition coefficient (Wildman–Crippen LogP) is 4.60. The van der Waals surface area contributed by atoms with Crippen molar-refractivity contribution in [3.05, 3.63) is 26.5 Å². The molecule has 1 atom stereocenters. The monoisotopic (exact) mass is 349 g/mol. The van der Waals surface area contributed by atoms with Crippen molar-refractivity contribution in [2.24, 2.45) is 0 Å². The molecule has 1 aromatic rings. The highest BCUT2D eigenvalue weighted by Crippen LogP contribution is 2.28. The van der Waals surface area contributed by atoms with E-state index >= 15 is 0 Å². The third-order valence-corrected chi connectivity index (χ3v) is 4.13. The van der Waals surface area contributed by atoms with E-state index in [1.807, 2.05) is 6.07 Å². The molecule has 0 aliphatic carbocycles. The van der Waals surface area contributed by atoms with Gasteiger partial charge in [-0.3, -0.25) is 0 Å². The minimum Gasteiger partial charge on any atom is -0.449 e. The Balaban J connectivity index is 2.68. The zero-order valence-electron chi connectivity index (χ0n) is 9.81. The fourth-order valence-electron chi connectivity index (χ4n) is 1.31. The maximum absolute atomic E-state index is 5.51. The van der Waals surface area contributed by atoms with Crippen molar-refractivity contribution in [1.82, 2.24) is 5.32 Å². The van der Waals surface area contributed by atoms with Gasteiger partial charge in [0.15, 0.2) is 4.67 Å². The van der Waals surface area contributed by atoms with Crippen LogP contribution in [0.3, 0.4) is 0 Å². The van der Waals surface area contributed by atoms with E-state index in [1.54, 1.807) is 0 Å². The van der Waals surface area contributed by atoms with E-state index in [2.05, 4.69) is 64.0 Å². The first-order chi connectivity index (χ1) is 7.54. The lowest BCUT2D eigenvalue weighted by atomic mass is 10.1. The first-order valence-corrected chi connectivity index (χ1v) is 6.99. The van der Waals surface area contributed by atoms with E-state index < -0.39 is 0 Å². The molecule has 1 aromatic heterocycles. The van der Waals surface area contributed by atoms with Crippen LogP contribution >= 0.6 is 31.9 Å². The second kappa shape index (κ2) is 6.62. The van der Waals surface area contributed by atoms with Gasteiger partial charge in [0.25, 0.3) is 0 Å². The van der Waals surface area contributed by atoms with Gasteiger partial charge in [-0.2, -0.15) is 0 Å². The molecule has 1 heterocycles. The summed E-state index contributed by atoms with van der Waals surface area (Å²) in [5.41, 5.74) is 1.27. The molecule has 2 nitrogen and oxygen atoms in total. The lowest BCUT2D eigenvalue weighted by molar-refractivity contribution is 0.528. The largest absolute Gasteiger partial charge is 0.449 e. The molecule has 16 heavy (non-hydrogen) atoms. The van der Waals surface area contributed by atoms with Gasteiger partial charge in [0, 0.05) is 6.04 Å². The summed E-state index contributed by atoms with van der Waals surface area (Å²) in [6, 6.07) is 2.34. The Kier molecular flexibility index (Phi) is 5.79. The smallest absolute Gasteiger partial charge is 0.184 e. The van der Waals surface area contributed by atoms with Crippen LogP contribution in [-0.2, 0) is 0 Å². The molecule has 0 spiro atoms. The molecule has 0 bridgehead atoms. The Bertz CT molecular complexity index is 352. The van der Waals surface area contributed by atoms with Crippen molar-refractivity contribution in [3.63, 3.8) is 0 Å². The van der Waals surface area contributed by atoms with Crippen LogP contribution in [0, 0.1) is 0 Å². The Morgan fingerprint density at radius 1 is 1.56 bits per heavy atom. The van der Waals surface area contributed by atoms with Gasteiger partial charge < -0.3 is 9.73 Å². The highest BCUT2D eigenvalue weighted by Gasteiger charge is 2.07. The summed E-state index contributed by atoms with van der Waals surface area (Å²) in [5, 5.41) is 3.44. The normalized spacial score (nSPS) is 14.2. The van der Waals surface area contributed by atoms with Gasteiger partial charge in [-0.1, -0.05) is 12.5 Å². The minimum absolute atomic E-state index is 0.377. The zero-order valence-corrected chi connectivity index (χ0v) is 13.0. The lowest BCUT2D eigenvalue weighted by Crippen LogP contribution is -2.27. The summed E-state index contributed by atoms with van der Waals surface area (Å²) in [4.78, 5) is 0. The molecule has 0 aliphatic heterocycles. The van der Waals surface area contributed by atoms with E-state index in [-0.39, 0.29) is 0 Å². The maximum atomic E-state index is 5.51. The van der Waals surface area contributed by atoms with E-state index in [9.17, 15) is 0 Å². The summed E-state index contributed by atoms with van der Waals surface area (Å²) in [5.74, 6) is 0.862. The van der Waals surface area contributed by atoms with Crippen molar-refractivity contribution in [2.45, 2.75) is 33.2 Å². The maximum Gasteiger partial charge on any atom is 0.184 e. The fraction of sp³-hybridized carbons (Fsp3) is 0.500. The second-order valence-electron chi connectivity index (χ2n) is 3.83. The van der Waals surface area contributed by atoms with Crippen LogP contribution in [0.15, 0.2) is 25.2 Å². The van der Waals surface area contributed by atoms with Crippen LogP contribution in [0.1, 0.15) is 33.0 Å². The van der Waals surface area contributed by atoms with Gasteiger partial charge in [0.1, 0.15) is 5.76 Å². The standard InChI is InChI=1S/C12H17Br2NO/c1-4-5-15-9(3)8(2)6-10-7-11(13)12(14)16-10/h6-7,9,15H,4-5H2,1-3H3. The molecule has 0 radical (unpaired) electrons. The second-order valence-corrected chi connectivity index (χ2v) is 5.41. The van der Waals surface area contributed by atoms with Gasteiger partial charge in [-0.05, 0) is 70.8 Å². The Morgan fingerprint density at radius 2 is 2.25 bits per heavy atom. The Labute approximate surface area is 114 Å². The number of hydrogen-bond donors (Lipinski definition) is 1. The van der Waals surface area contributed by atoms with Crippen LogP contribution in [0.25, 0.3) is 6.08 Å². The Morgan fingerprint density at radius 3 is 2.75 bits per heavy atom. The Hall–Kier alpha value is -0.0600. The van der Waals surface area contributed by atoms with Crippen LogP contribution < -0.4 is 5.32 Å². The summed E-state index contributed by atoms with van der Waals surface area (Å²) >= 11 is 6.73. The van der Waals surface area contributed by atoms with Gasteiger partial charge in [-0.15, -0.1) is 0 Å². The average molecular weight is 351 g/mol. The molecular formula is C12H17Br2NO. The first-order valence-electron chi connectivity index (χ1n) is 5.41. The highest BCUT2D eigenvalue weighted by atomic mass is 79.9. The molecule has 1 N–H and O–H groups in total. The van der Waals surface area contributed by atoms with Crippen molar-refractivity contribution < 1.29 is 4.42 Å². The average Bonchev–Trinajstić information content (AvgIpc) is 2.54. The molecule has 1 rings (SSSR count). The third-order valence-electron chi connectivity index (χ3n) is 2.42. The summed E-state index contributed by atoms with van der Waals surface area (Å²) in [6.07, 6.45) is 3.21. The number of furan rings is 1. The number of hydrogen-bond acceptors (Lipinski definition) is 2. The van der Waals surface area contributed by atoms with Crippen LogP contribution in [-0.4, -0.2) is 12.6 Å². The first kappa shape index (κ1) is 14.0. The van der Waals surface area contributed by atoms with Crippen LogP contribution in [0.2, 0.25) is 0 Å². The van der Waals surface area contributed by atoms with Crippen LogP contribution in [0.5, 0.6) is 0 Å². The van der Waals surface area contributed by atoms with Crippen molar-refractivity contribution in [3.8, 4) is 0 Å². The van der Waals surface area contributed by atoms with Crippen molar-refractivity contribution in [1.29, 1.82) is 0 Å². The van der Waals surface area contributed by atoms with Crippen molar-refractivity contribution >= 4 is 37.9 Å². The molecular weight excluding hydrogens is 334 g/mol. The highest BCUT2D eigenvalue weighted by molar-refractivity contribution is 9.13. The van der Waals surface area contributed by atoms with E-state index in [0.717, 1.165) is 27.9 Å². The molecule has 1 unspecified atom stereocenters. The van der Waals surface area contributed by atoms with E-state index in [1.165, 1.54) is 5.57 Å². The van der Waals surface area contributed by atoms with E-state index in [4.69, 9.17) is 4.42 Å². The van der Waals surface area contributed by atoms with Crippen LogP contribution in [0.4, 0.5) is 0 Å². The van der Waals surface area contributed by atoms with Gasteiger partial charge in [-0.25, -0.2) is 0 Å². The summed E-state index contributed by atoms with van der Waals surface area (Å²) < 4.78 is 7.19. The van der Waals surface area contributed by atoms with Gasteiger partial charge in [0.2, 0.25) is 0 Å². The lowest BCUT2D eigenvalue weighted by Gasteiger charge is -2.13. The number of nitrogens with one attached hydrogen (secondary N) is 1.